The zero-order valence-electron chi connectivity index (χ0n) is 12.1. The van der Waals surface area contributed by atoms with Crippen LogP contribution in [0.1, 0.15) is 25.1 Å². The second-order valence-electron chi connectivity index (χ2n) is 5.16. The molecule has 0 saturated heterocycles. The molecular formula is C13H22N2O3S2. The summed E-state index contributed by atoms with van der Waals surface area (Å²) in [6.45, 7) is 4.37. The summed E-state index contributed by atoms with van der Waals surface area (Å²) in [7, 11) is -3.10. The SMILES string of the molecule is CC(C)N(Cc1cccs1)C(=O)C(N)CCS(C)(=O)=O. The van der Waals surface area contributed by atoms with Gasteiger partial charge in [0.15, 0.2) is 0 Å². The van der Waals surface area contributed by atoms with Gasteiger partial charge in [0.05, 0.1) is 18.3 Å². The van der Waals surface area contributed by atoms with E-state index < -0.39 is 15.9 Å². The maximum atomic E-state index is 12.3. The molecule has 0 aliphatic rings. The van der Waals surface area contributed by atoms with Crippen LogP contribution in [0.5, 0.6) is 0 Å². The molecule has 0 spiro atoms. The molecule has 1 heterocycles. The Balaban J connectivity index is 2.68. The first-order valence-corrected chi connectivity index (χ1v) is 9.41. The fourth-order valence-corrected chi connectivity index (χ4v) is 3.15. The number of nitrogens with two attached hydrogens (primary N) is 1. The van der Waals surface area contributed by atoms with Gasteiger partial charge in [0.25, 0.3) is 0 Å². The fraction of sp³-hybridized carbons (Fsp3) is 0.615. The highest BCUT2D eigenvalue weighted by Gasteiger charge is 2.24. The molecule has 0 bridgehead atoms. The van der Waals surface area contributed by atoms with Crippen molar-refractivity contribution in [2.24, 2.45) is 5.73 Å². The minimum Gasteiger partial charge on any atom is -0.334 e. The monoisotopic (exact) mass is 318 g/mol. The fourth-order valence-electron chi connectivity index (χ4n) is 1.76. The number of nitrogens with zero attached hydrogens (tertiary/aromatic N) is 1. The van der Waals surface area contributed by atoms with Gasteiger partial charge in [0.2, 0.25) is 5.91 Å². The van der Waals surface area contributed by atoms with Gasteiger partial charge in [-0.1, -0.05) is 6.07 Å². The van der Waals surface area contributed by atoms with Crippen molar-refractivity contribution < 1.29 is 13.2 Å². The van der Waals surface area contributed by atoms with E-state index in [2.05, 4.69) is 0 Å². The third-order valence-electron chi connectivity index (χ3n) is 2.93. The molecule has 1 aromatic heterocycles. The minimum absolute atomic E-state index is 0.0221. The summed E-state index contributed by atoms with van der Waals surface area (Å²) in [5, 5.41) is 1.96. The second-order valence-corrected chi connectivity index (χ2v) is 8.46. The van der Waals surface area contributed by atoms with E-state index in [0.29, 0.717) is 6.54 Å². The van der Waals surface area contributed by atoms with Crippen LogP contribution in [-0.4, -0.2) is 43.3 Å². The van der Waals surface area contributed by atoms with Crippen LogP contribution < -0.4 is 5.73 Å². The molecule has 0 radical (unpaired) electrons. The van der Waals surface area contributed by atoms with E-state index in [9.17, 15) is 13.2 Å². The van der Waals surface area contributed by atoms with Crippen LogP contribution in [0.2, 0.25) is 0 Å². The first-order valence-electron chi connectivity index (χ1n) is 6.47. The van der Waals surface area contributed by atoms with E-state index in [-0.39, 0.29) is 24.1 Å². The van der Waals surface area contributed by atoms with E-state index in [1.54, 1.807) is 16.2 Å². The third kappa shape index (κ3) is 5.60. The highest BCUT2D eigenvalue weighted by molar-refractivity contribution is 7.90. The molecule has 0 fully saturated rings. The third-order valence-corrected chi connectivity index (χ3v) is 4.77. The molecular weight excluding hydrogens is 296 g/mol. The number of hydrogen-bond acceptors (Lipinski definition) is 5. The molecule has 114 valence electrons. The summed E-state index contributed by atoms with van der Waals surface area (Å²) in [6, 6.07) is 3.16. The molecule has 1 unspecified atom stereocenters. The minimum atomic E-state index is -3.10. The molecule has 20 heavy (non-hydrogen) atoms. The number of sulfone groups is 1. The Labute approximate surface area is 124 Å². The van der Waals surface area contributed by atoms with Crippen molar-refractivity contribution in [3.05, 3.63) is 22.4 Å². The molecule has 1 rings (SSSR count). The Kier molecular flexibility index (Phi) is 6.16. The Morgan fingerprint density at radius 3 is 2.55 bits per heavy atom. The lowest BCUT2D eigenvalue weighted by Crippen LogP contribution is -2.47. The number of rotatable bonds is 7. The maximum absolute atomic E-state index is 12.3. The number of carbonyl (C=O) groups excluding carboxylic acids is 1. The van der Waals surface area contributed by atoms with Crippen molar-refractivity contribution in [2.75, 3.05) is 12.0 Å². The quantitative estimate of drug-likeness (QED) is 0.820. The molecule has 7 heteroatoms. The lowest BCUT2D eigenvalue weighted by molar-refractivity contribution is -0.135. The zero-order chi connectivity index (χ0) is 15.3. The van der Waals surface area contributed by atoms with Crippen molar-refractivity contribution in [1.82, 2.24) is 4.90 Å². The summed E-state index contributed by atoms with van der Waals surface area (Å²) < 4.78 is 22.3. The van der Waals surface area contributed by atoms with Gasteiger partial charge in [-0.2, -0.15) is 0 Å². The predicted molar refractivity (Wildman–Crippen MR) is 82.3 cm³/mol. The second kappa shape index (κ2) is 7.19. The van der Waals surface area contributed by atoms with Gasteiger partial charge in [-0.3, -0.25) is 4.79 Å². The van der Waals surface area contributed by atoms with Gasteiger partial charge in [0, 0.05) is 17.2 Å². The number of thiophene rings is 1. The van der Waals surface area contributed by atoms with Crippen LogP contribution >= 0.6 is 11.3 Å². The van der Waals surface area contributed by atoms with Gasteiger partial charge >= 0.3 is 0 Å². The molecule has 5 nitrogen and oxygen atoms in total. The van der Waals surface area contributed by atoms with E-state index in [1.165, 1.54) is 0 Å². The summed E-state index contributed by atoms with van der Waals surface area (Å²) in [5.74, 6) is -0.262. The average Bonchev–Trinajstić information content (AvgIpc) is 2.83. The van der Waals surface area contributed by atoms with E-state index >= 15 is 0 Å². The van der Waals surface area contributed by atoms with E-state index in [4.69, 9.17) is 5.73 Å². The highest BCUT2D eigenvalue weighted by Crippen LogP contribution is 2.15. The standard InChI is InChI=1S/C13H22N2O3S2/c1-10(2)15(9-11-5-4-7-19-11)13(16)12(14)6-8-20(3,17)18/h4-5,7,10,12H,6,8-9,14H2,1-3H3. The van der Waals surface area contributed by atoms with Gasteiger partial charge in [-0.25, -0.2) is 8.42 Å². The molecule has 0 aromatic carbocycles. The van der Waals surface area contributed by atoms with Gasteiger partial charge in [-0.15, -0.1) is 11.3 Å². The van der Waals surface area contributed by atoms with Crippen LogP contribution in [-0.2, 0) is 21.2 Å². The lowest BCUT2D eigenvalue weighted by atomic mass is 10.1. The lowest BCUT2D eigenvalue weighted by Gasteiger charge is -2.29. The van der Waals surface area contributed by atoms with Crippen molar-refractivity contribution in [3.8, 4) is 0 Å². The normalized spacial score (nSPS) is 13.4. The summed E-state index contributed by atoms with van der Waals surface area (Å²) in [5.41, 5.74) is 5.84. The van der Waals surface area contributed by atoms with Crippen LogP contribution in [0.25, 0.3) is 0 Å². The van der Waals surface area contributed by atoms with Crippen LogP contribution in [0.15, 0.2) is 17.5 Å². The smallest absolute Gasteiger partial charge is 0.240 e. The Morgan fingerprint density at radius 2 is 2.10 bits per heavy atom. The number of carbonyl (C=O) groups is 1. The van der Waals surface area contributed by atoms with Gasteiger partial charge in [0.1, 0.15) is 9.84 Å². The van der Waals surface area contributed by atoms with Crippen LogP contribution in [0.3, 0.4) is 0 Å². The Hall–Kier alpha value is -0.920. The van der Waals surface area contributed by atoms with E-state index in [1.807, 2.05) is 31.4 Å². The molecule has 2 N–H and O–H groups in total. The summed E-state index contributed by atoms with van der Waals surface area (Å²) >= 11 is 1.58. The molecule has 0 saturated carbocycles. The topological polar surface area (TPSA) is 80.5 Å². The highest BCUT2D eigenvalue weighted by atomic mass is 32.2. The van der Waals surface area contributed by atoms with Crippen molar-refractivity contribution in [2.45, 2.75) is 38.9 Å². The summed E-state index contributed by atoms with van der Waals surface area (Å²) in [6.07, 6.45) is 1.31. The Bertz CT molecular complexity index is 524. The maximum Gasteiger partial charge on any atom is 0.240 e. The number of hydrogen-bond donors (Lipinski definition) is 1. The van der Waals surface area contributed by atoms with Crippen molar-refractivity contribution in [3.63, 3.8) is 0 Å². The van der Waals surface area contributed by atoms with E-state index in [0.717, 1.165) is 11.1 Å². The largest absolute Gasteiger partial charge is 0.334 e. The number of amides is 1. The van der Waals surface area contributed by atoms with Gasteiger partial charge < -0.3 is 10.6 Å². The van der Waals surface area contributed by atoms with Crippen molar-refractivity contribution in [1.29, 1.82) is 0 Å². The van der Waals surface area contributed by atoms with Crippen molar-refractivity contribution >= 4 is 27.1 Å². The molecule has 0 aliphatic heterocycles. The molecule has 1 amide bonds. The summed E-state index contributed by atoms with van der Waals surface area (Å²) in [4.78, 5) is 15.1. The van der Waals surface area contributed by atoms with Crippen LogP contribution in [0.4, 0.5) is 0 Å². The first-order chi connectivity index (χ1) is 9.20. The Morgan fingerprint density at radius 1 is 1.45 bits per heavy atom. The molecule has 0 aliphatic carbocycles. The van der Waals surface area contributed by atoms with Crippen LogP contribution in [0, 0.1) is 0 Å². The first kappa shape index (κ1) is 17.1. The van der Waals surface area contributed by atoms with Gasteiger partial charge in [-0.05, 0) is 31.7 Å². The zero-order valence-corrected chi connectivity index (χ0v) is 13.7. The predicted octanol–water partition coefficient (Wildman–Crippen LogP) is 1.25. The average molecular weight is 318 g/mol. The molecule has 1 atom stereocenters. The molecule has 1 aromatic rings.